The normalized spacial score (nSPS) is 26.1. The van der Waals surface area contributed by atoms with Crippen molar-refractivity contribution in [2.75, 3.05) is 25.1 Å². The van der Waals surface area contributed by atoms with E-state index in [0.29, 0.717) is 5.92 Å². The Hall–Kier alpha value is -1.13. The number of rotatable bonds is 3. The van der Waals surface area contributed by atoms with E-state index in [1.807, 2.05) is 19.2 Å². The van der Waals surface area contributed by atoms with Crippen LogP contribution in [0.5, 0.6) is 0 Å². The lowest BCUT2D eigenvalue weighted by molar-refractivity contribution is 0.0496. The molecule has 0 aromatic carbocycles. The third-order valence-corrected chi connectivity index (χ3v) is 3.80. The fourth-order valence-corrected chi connectivity index (χ4v) is 2.56. The lowest BCUT2D eigenvalue weighted by Crippen LogP contribution is -2.44. The summed E-state index contributed by atoms with van der Waals surface area (Å²) >= 11 is 0. The van der Waals surface area contributed by atoms with Crippen LogP contribution in [0.4, 0.5) is 5.82 Å². The van der Waals surface area contributed by atoms with Crippen molar-refractivity contribution < 1.29 is 4.74 Å². The summed E-state index contributed by atoms with van der Waals surface area (Å²) in [6.45, 7) is 6.17. The second-order valence-corrected chi connectivity index (χ2v) is 5.19. The van der Waals surface area contributed by atoms with Gasteiger partial charge in [-0.1, -0.05) is 13.0 Å². The van der Waals surface area contributed by atoms with E-state index in [9.17, 15) is 0 Å². The minimum Gasteiger partial charge on any atom is -0.379 e. The first-order valence-electron chi connectivity index (χ1n) is 6.61. The Morgan fingerprint density at radius 2 is 2.33 bits per heavy atom. The summed E-state index contributed by atoms with van der Waals surface area (Å²) in [5.41, 5.74) is 7.13. The molecular formula is C14H23N3O. The molecule has 1 aromatic rings. The van der Waals surface area contributed by atoms with Crippen molar-refractivity contribution in [3.05, 3.63) is 23.9 Å². The van der Waals surface area contributed by atoms with Crippen molar-refractivity contribution >= 4 is 5.82 Å². The predicted octanol–water partition coefficient (Wildman–Crippen LogP) is 1.96. The number of ether oxygens (including phenoxy) is 1. The lowest BCUT2D eigenvalue weighted by Gasteiger charge is -2.38. The van der Waals surface area contributed by atoms with Crippen LogP contribution < -0.4 is 10.6 Å². The number of hydrogen-bond donors (Lipinski definition) is 1. The minimum absolute atomic E-state index is 0.00837. The molecule has 3 unspecified atom stereocenters. The molecule has 0 aliphatic carbocycles. The fraction of sp³-hybridized carbons (Fsp3) is 0.643. The molecule has 1 aromatic heterocycles. The average Bonchev–Trinajstić information content (AvgIpc) is 2.39. The summed E-state index contributed by atoms with van der Waals surface area (Å²) in [6.07, 6.45) is 3.25. The van der Waals surface area contributed by atoms with Gasteiger partial charge in [0.05, 0.1) is 6.10 Å². The van der Waals surface area contributed by atoms with Gasteiger partial charge < -0.3 is 15.4 Å². The van der Waals surface area contributed by atoms with Crippen LogP contribution in [-0.2, 0) is 4.74 Å². The zero-order valence-corrected chi connectivity index (χ0v) is 11.5. The largest absolute Gasteiger partial charge is 0.379 e. The van der Waals surface area contributed by atoms with Crippen LogP contribution in [0.3, 0.4) is 0 Å². The van der Waals surface area contributed by atoms with E-state index in [1.54, 1.807) is 7.11 Å². The highest BCUT2D eigenvalue weighted by Crippen LogP contribution is 2.28. The molecule has 1 fully saturated rings. The summed E-state index contributed by atoms with van der Waals surface area (Å²) in [7, 11) is 1.79. The van der Waals surface area contributed by atoms with Crippen LogP contribution in [0, 0.1) is 5.92 Å². The van der Waals surface area contributed by atoms with Gasteiger partial charge in [-0.3, -0.25) is 0 Å². The fourth-order valence-electron chi connectivity index (χ4n) is 2.56. The quantitative estimate of drug-likeness (QED) is 0.889. The number of anilines is 1. The van der Waals surface area contributed by atoms with Crippen LogP contribution in [0.25, 0.3) is 0 Å². The number of methoxy groups -OCH3 is 1. The maximum absolute atomic E-state index is 6.02. The zero-order valence-electron chi connectivity index (χ0n) is 11.5. The van der Waals surface area contributed by atoms with Crippen molar-refractivity contribution in [2.45, 2.75) is 32.4 Å². The first kappa shape index (κ1) is 13.3. The Morgan fingerprint density at radius 3 is 3.00 bits per heavy atom. The van der Waals surface area contributed by atoms with Crippen LogP contribution in [0.1, 0.15) is 31.9 Å². The smallest absolute Gasteiger partial charge is 0.133 e. The van der Waals surface area contributed by atoms with Crippen molar-refractivity contribution in [3.63, 3.8) is 0 Å². The van der Waals surface area contributed by atoms with Gasteiger partial charge in [0, 0.05) is 38.0 Å². The third-order valence-electron chi connectivity index (χ3n) is 3.80. The van der Waals surface area contributed by atoms with Crippen LogP contribution >= 0.6 is 0 Å². The number of nitrogens with two attached hydrogens (primary N) is 1. The van der Waals surface area contributed by atoms with Gasteiger partial charge in [-0.2, -0.15) is 0 Å². The maximum Gasteiger partial charge on any atom is 0.133 e. The van der Waals surface area contributed by atoms with E-state index in [1.165, 1.54) is 0 Å². The second kappa shape index (κ2) is 5.67. The molecule has 18 heavy (non-hydrogen) atoms. The minimum atomic E-state index is 0.00837. The van der Waals surface area contributed by atoms with E-state index in [0.717, 1.165) is 30.9 Å². The number of aromatic nitrogens is 1. The first-order valence-corrected chi connectivity index (χ1v) is 6.61. The molecule has 1 aliphatic rings. The van der Waals surface area contributed by atoms with Gasteiger partial charge in [0.2, 0.25) is 0 Å². The van der Waals surface area contributed by atoms with E-state index >= 15 is 0 Å². The van der Waals surface area contributed by atoms with Crippen LogP contribution in [-0.4, -0.2) is 31.3 Å². The molecule has 100 valence electrons. The average molecular weight is 249 g/mol. The van der Waals surface area contributed by atoms with Crippen molar-refractivity contribution in [3.8, 4) is 0 Å². The van der Waals surface area contributed by atoms with Gasteiger partial charge >= 0.3 is 0 Å². The highest BCUT2D eigenvalue weighted by molar-refractivity contribution is 5.48. The topological polar surface area (TPSA) is 51.4 Å². The molecule has 0 radical (unpaired) electrons. The second-order valence-electron chi connectivity index (χ2n) is 5.19. The molecule has 2 heterocycles. The van der Waals surface area contributed by atoms with Gasteiger partial charge in [-0.25, -0.2) is 4.98 Å². The summed E-state index contributed by atoms with van der Waals surface area (Å²) < 4.78 is 5.55. The van der Waals surface area contributed by atoms with Crippen LogP contribution in [0.15, 0.2) is 18.3 Å². The van der Waals surface area contributed by atoms with Gasteiger partial charge in [0.15, 0.2) is 0 Å². The van der Waals surface area contributed by atoms with E-state index < -0.39 is 0 Å². The summed E-state index contributed by atoms with van der Waals surface area (Å²) in [4.78, 5) is 6.81. The highest BCUT2D eigenvalue weighted by atomic mass is 16.5. The van der Waals surface area contributed by atoms with Gasteiger partial charge in [-0.15, -0.1) is 0 Å². The molecule has 2 rings (SSSR count). The monoisotopic (exact) mass is 249 g/mol. The molecule has 0 amide bonds. The molecule has 4 nitrogen and oxygen atoms in total. The zero-order chi connectivity index (χ0) is 13.1. The number of piperidine rings is 1. The van der Waals surface area contributed by atoms with Gasteiger partial charge in [0.1, 0.15) is 5.82 Å². The Balaban J connectivity index is 2.21. The van der Waals surface area contributed by atoms with Crippen molar-refractivity contribution in [2.24, 2.45) is 11.7 Å². The van der Waals surface area contributed by atoms with E-state index in [-0.39, 0.29) is 12.1 Å². The molecule has 2 N–H and O–H groups in total. The molecule has 1 aliphatic heterocycles. The molecule has 0 bridgehead atoms. The molecule has 4 heteroatoms. The summed E-state index contributed by atoms with van der Waals surface area (Å²) in [5.74, 6) is 1.62. The number of pyridine rings is 1. The maximum atomic E-state index is 6.02. The molecular weight excluding hydrogens is 226 g/mol. The number of nitrogens with zero attached hydrogens (tertiary/aromatic N) is 2. The lowest BCUT2D eigenvalue weighted by atomic mass is 9.95. The Labute approximate surface area is 109 Å². The Morgan fingerprint density at radius 1 is 1.56 bits per heavy atom. The standard InChI is InChI=1S/C14H23N3O/c1-10-6-8-17(9-13(10)18-3)14-12(11(2)15)5-4-7-16-14/h4-5,7,10-11,13H,6,8-9,15H2,1-3H3. The van der Waals surface area contributed by atoms with Crippen LogP contribution in [0.2, 0.25) is 0 Å². The molecule has 0 spiro atoms. The first-order chi connectivity index (χ1) is 8.63. The van der Waals surface area contributed by atoms with E-state index in [2.05, 4.69) is 22.9 Å². The number of hydrogen-bond acceptors (Lipinski definition) is 4. The van der Waals surface area contributed by atoms with Crippen molar-refractivity contribution in [1.82, 2.24) is 4.98 Å². The molecule has 1 saturated heterocycles. The predicted molar refractivity (Wildman–Crippen MR) is 73.6 cm³/mol. The summed E-state index contributed by atoms with van der Waals surface area (Å²) in [6, 6.07) is 4.02. The third kappa shape index (κ3) is 2.65. The van der Waals surface area contributed by atoms with E-state index in [4.69, 9.17) is 10.5 Å². The van der Waals surface area contributed by atoms with Gasteiger partial charge in [0.25, 0.3) is 0 Å². The van der Waals surface area contributed by atoms with Gasteiger partial charge in [-0.05, 0) is 25.3 Å². The van der Waals surface area contributed by atoms with Crippen molar-refractivity contribution in [1.29, 1.82) is 0 Å². The highest BCUT2D eigenvalue weighted by Gasteiger charge is 2.28. The Bertz CT molecular complexity index is 394. The Kier molecular flexibility index (Phi) is 4.19. The SMILES string of the molecule is COC1CN(c2ncccc2C(C)N)CCC1C. The summed E-state index contributed by atoms with van der Waals surface area (Å²) in [5, 5.41) is 0. The molecule has 0 saturated carbocycles. The molecule has 3 atom stereocenters.